The molecule has 2 rings (SSSR count). The number of nitrogens with two attached hydrogens (primary N) is 1. The second-order valence-corrected chi connectivity index (χ2v) is 6.26. The Morgan fingerprint density at radius 1 is 1.14 bits per heavy atom. The summed E-state index contributed by atoms with van der Waals surface area (Å²) in [5, 5.41) is 0. The fourth-order valence-corrected chi connectivity index (χ4v) is 2.50. The number of benzene rings is 1. The van der Waals surface area contributed by atoms with E-state index in [1.165, 1.54) is 0 Å². The van der Waals surface area contributed by atoms with Crippen LogP contribution in [-0.4, -0.2) is 24.5 Å². The molecule has 0 atom stereocenters. The summed E-state index contributed by atoms with van der Waals surface area (Å²) in [7, 11) is -3.74. The highest BCUT2D eigenvalue weighted by atomic mass is 32.2. The summed E-state index contributed by atoms with van der Waals surface area (Å²) < 4.78 is 32.1. The van der Waals surface area contributed by atoms with Gasteiger partial charge in [0.2, 0.25) is 5.95 Å². The number of anilines is 2. The summed E-state index contributed by atoms with van der Waals surface area (Å²) in [5.41, 5.74) is 5.75. The standard InChI is InChI=1S/C13H16N4O3S/c1-9(2)20-11-5-3-10(4-6-11)17-21(18,19)12-7-15-13(14)16-8-12/h3-9,17H,1-2H3,(H2,14,15,16). The van der Waals surface area contributed by atoms with Gasteiger partial charge in [-0.3, -0.25) is 4.72 Å². The summed E-state index contributed by atoms with van der Waals surface area (Å²) in [6.07, 6.45) is 2.36. The molecule has 1 aromatic carbocycles. The smallest absolute Gasteiger partial charge is 0.264 e. The number of hydrogen-bond acceptors (Lipinski definition) is 6. The Kier molecular flexibility index (Phi) is 4.27. The minimum Gasteiger partial charge on any atom is -0.491 e. The molecule has 7 nitrogen and oxygen atoms in total. The van der Waals surface area contributed by atoms with Crippen molar-refractivity contribution in [1.82, 2.24) is 9.97 Å². The van der Waals surface area contributed by atoms with Crippen molar-refractivity contribution in [3.8, 4) is 5.75 Å². The molecule has 8 heteroatoms. The number of hydrogen-bond donors (Lipinski definition) is 2. The van der Waals surface area contributed by atoms with E-state index >= 15 is 0 Å². The average Bonchev–Trinajstić information content (AvgIpc) is 2.40. The Morgan fingerprint density at radius 3 is 2.24 bits per heavy atom. The van der Waals surface area contributed by atoms with Gasteiger partial charge in [0.25, 0.3) is 10.0 Å². The Hall–Kier alpha value is -2.35. The zero-order valence-corrected chi connectivity index (χ0v) is 12.5. The van der Waals surface area contributed by atoms with Gasteiger partial charge >= 0.3 is 0 Å². The molecule has 0 aliphatic carbocycles. The maximum absolute atomic E-state index is 12.1. The lowest BCUT2D eigenvalue weighted by Gasteiger charge is -2.11. The summed E-state index contributed by atoms with van der Waals surface area (Å²) >= 11 is 0. The quantitative estimate of drug-likeness (QED) is 0.869. The molecule has 1 heterocycles. The van der Waals surface area contributed by atoms with Crippen molar-refractivity contribution >= 4 is 21.7 Å². The van der Waals surface area contributed by atoms with Gasteiger partial charge in [-0.2, -0.15) is 0 Å². The average molecular weight is 308 g/mol. The molecule has 0 aliphatic rings. The zero-order chi connectivity index (χ0) is 15.5. The minimum absolute atomic E-state index is 0.0177. The SMILES string of the molecule is CC(C)Oc1ccc(NS(=O)(=O)c2cnc(N)nc2)cc1. The highest BCUT2D eigenvalue weighted by Gasteiger charge is 2.15. The van der Waals surface area contributed by atoms with Crippen LogP contribution in [0.4, 0.5) is 11.6 Å². The Balaban J connectivity index is 2.15. The molecule has 1 aromatic heterocycles. The second-order valence-electron chi connectivity index (χ2n) is 4.57. The maximum Gasteiger partial charge on any atom is 0.264 e. The fraction of sp³-hybridized carbons (Fsp3) is 0.231. The van der Waals surface area contributed by atoms with Crippen molar-refractivity contribution in [2.45, 2.75) is 24.8 Å². The van der Waals surface area contributed by atoms with Crippen molar-refractivity contribution in [2.75, 3.05) is 10.5 Å². The Morgan fingerprint density at radius 2 is 1.71 bits per heavy atom. The van der Waals surface area contributed by atoms with Gasteiger partial charge in [-0.15, -0.1) is 0 Å². The molecule has 3 N–H and O–H groups in total. The first-order valence-electron chi connectivity index (χ1n) is 6.24. The number of rotatable bonds is 5. The van der Waals surface area contributed by atoms with Crippen molar-refractivity contribution in [3.05, 3.63) is 36.7 Å². The van der Waals surface area contributed by atoms with Crippen LogP contribution >= 0.6 is 0 Å². The van der Waals surface area contributed by atoms with Crippen molar-refractivity contribution < 1.29 is 13.2 Å². The number of nitrogen functional groups attached to an aromatic ring is 1. The third-order valence-electron chi connectivity index (χ3n) is 2.44. The molecule has 0 fully saturated rings. The second kappa shape index (κ2) is 5.96. The minimum atomic E-state index is -3.74. The first kappa shape index (κ1) is 15.0. The van der Waals surface area contributed by atoms with Crippen molar-refractivity contribution in [2.24, 2.45) is 0 Å². The van der Waals surface area contributed by atoms with Crippen LogP contribution < -0.4 is 15.2 Å². The van der Waals surface area contributed by atoms with Gasteiger partial charge < -0.3 is 10.5 Å². The van der Waals surface area contributed by atoms with Crippen LogP contribution in [0.2, 0.25) is 0 Å². The molecule has 0 spiro atoms. The van der Waals surface area contributed by atoms with Crippen LogP contribution in [-0.2, 0) is 10.0 Å². The highest BCUT2D eigenvalue weighted by molar-refractivity contribution is 7.92. The van der Waals surface area contributed by atoms with Crippen molar-refractivity contribution in [1.29, 1.82) is 0 Å². The van der Waals surface area contributed by atoms with E-state index in [9.17, 15) is 8.42 Å². The van der Waals surface area contributed by atoms with E-state index in [1.807, 2.05) is 13.8 Å². The van der Waals surface area contributed by atoms with Gasteiger partial charge in [0.05, 0.1) is 18.5 Å². The number of nitrogens with zero attached hydrogens (tertiary/aromatic N) is 2. The molecule has 0 amide bonds. The predicted molar refractivity (Wildman–Crippen MR) is 79.5 cm³/mol. The van der Waals surface area contributed by atoms with E-state index in [4.69, 9.17) is 10.5 Å². The van der Waals surface area contributed by atoms with Crippen LogP contribution in [0.5, 0.6) is 5.75 Å². The van der Waals surface area contributed by atoms with E-state index in [0.29, 0.717) is 11.4 Å². The molecular formula is C13H16N4O3S. The van der Waals surface area contributed by atoms with Crippen LogP contribution in [0.1, 0.15) is 13.8 Å². The first-order chi connectivity index (χ1) is 9.87. The third-order valence-corrected chi connectivity index (χ3v) is 3.77. The summed E-state index contributed by atoms with van der Waals surface area (Å²) in [6.45, 7) is 3.83. The lowest BCUT2D eigenvalue weighted by Crippen LogP contribution is -2.14. The molecule has 21 heavy (non-hydrogen) atoms. The maximum atomic E-state index is 12.1. The number of aromatic nitrogens is 2. The summed E-state index contributed by atoms with van der Waals surface area (Å²) in [5.74, 6) is 0.688. The van der Waals surface area contributed by atoms with Gasteiger partial charge in [0.1, 0.15) is 10.6 Å². The van der Waals surface area contributed by atoms with E-state index in [2.05, 4.69) is 14.7 Å². The van der Waals surface area contributed by atoms with Crippen LogP contribution in [0.3, 0.4) is 0 Å². The summed E-state index contributed by atoms with van der Waals surface area (Å²) in [4.78, 5) is 7.27. The molecule has 112 valence electrons. The molecule has 2 aromatic rings. The number of nitrogens with one attached hydrogen (secondary N) is 1. The lowest BCUT2D eigenvalue weighted by molar-refractivity contribution is 0.242. The Labute approximate surface area is 123 Å². The van der Waals surface area contributed by atoms with Gasteiger partial charge in [-0.25, -0.2) is 18.4 Å². The van der Waals surface area contributed by atoms with Gasteiger partial charge in [-0.05, 0) is 38.1 Å². The molecule has 0 aliphatic heterocycles. The van der Waals surface area contributed by atoms with Crippen LogP contribution in [0.15, 0.2) is 41.6 Å². The number of ether oxygens (including phenoxy) is 1. The molecule has 0 bridgehead atoms. The highest BCUT2D eigenvalue weighted by Crippen LogP contribution is 2.19. The van der Waals surface area contributed by atoms with E-state index < -0.39 is 10.0 Å². The van der Waals surface area contributed by atoms with Gasteiger partial charge in [0.15, 0.2) is 0 Å². The third kappa shape index (κ3) is 4.06. The molecule has 0 radical (unpaired) electrons. The van der Waals surface area contributed by atoms with Crippen LogP contribution in [0, 0.1) is 0 Å². The van der Waals surface area contributed by atoms with E-state index in [1.54, 1.807) is 24.3 Å². The molecule has 0 saturated carbocycles. The monoisotopic (exact) mass is 308 g/mol. The van der Waals surface area contributed by atoms with Gasteiger partial charge in [0, 0.05) is 5.69 Å². The molecule has 0 saturated heterocycles. The molecule has 0 unspecified atom stereocenters. The normalized spacial score (nSPS) is 11.4. The summed E-state index contributed by atoms with van der Waals surface area (Å²) in [6, 6.07) is 6.62. The zero-order valence-electron chi connectivity index (χ0n) is 11.6. The fourth-order valence-electron chi connectivity index (χ4n) is 1.55. The predicted octanol–water partition coefficient (Wildman–Crippen LogP) is 1.65. The van der Waals surface area contributed by atoms with E-state index in [-0.39, 0.29) is 16.9 Å². The Bertz CT molecular complexity index is 697. The van der Waals surface area contributed by atoms with Crippen molar-refractivity contribution in [3.63, 3.8) is 0 Å². The first-order valence-corrected chi connectivity index (χ1v) is 7.72. The van der Waals surface area contributed by atoms with Crippen LogP contribution in [0.25, 0.3) is 0 Å². The lowest BCUT2D eigenvalue weighted by atomic mass is 10.3. The molecular weight excluding hydrogens is 292 g/mol. The largest absolute Gasteiger partial charge is 0.491 e. The number of sulfonamides is 1. The van der Waals surface area contributed by atoms with E-state index in [0.717, 1.165) is 12.4 Å². The topological polar surface area (TPSA) is 107 Å². The van der Waals surface area contributed by atoms with Gasteiger partial charge in [-0.1, -0.05) is 0 Å².